The van der Waals surface area contributed by atoms with Crippen molar-refractivity contribution in [2.45, 2.75) is 45.8 Å². The molecule has 0 saturated carbocycles. The van der Waals surface area contributed by atoms with Gasteiger partial charge >= 0.3 is 12.1 Å². The van der Waals surface area contributed by atoms with Crippen molar-refractivity contribution in [3.63, 3.8) is 0 Å². The van der Waals surface area contributed by atoms with Crippen LogP contribution in [0.1, 0.15) is 48.3 Å². The smallest absolute Gasteiger partial charge is 0.437 e. The van der Waals surface area contributed by atoms with E-state index in [-0.39, 0.29) is 17.6 Å². The number of aromatic nitrogens is 2. The molecule has 0 N–H and O–H groups in total. The highest BCUT2D eigenvalue weighted by Crippen LogP contribution is 2.38. The van der Waals surface area contributed by atoms with Gasteiger partial charge in [-0.3, -0.25) is 0 Å². The minimum atomic E-state index is -4.59. The lowest BCUT2D eigenvalue weighted by Crippen LogP contribution is -2.07. The summed E-state index contributed by atoms with van der Waals surface area (Å²) in [6.07, 6.45) is -0.840. The summed E-state index contributed by atoms with van der Waals surface area (Å²) in [6.45, 7) is 4.89. The molecule has 6 nitrogen and oxygen atoms in total. The summed E-state index contributed by atoms with van der Waals surface area (Å²) in [5.41, 5.74) is 0.859. The van der Waals surface area contributed by atoms with E-state index < -0.39 is 17.8 Å². The van der Waals surface area contributed by atoms with Crippen LogP contribution in [0.4, 0.5) is 13.2 Å². The summed E-state index contributed by atoms with van der Waals surface area (Å²) in [7, 11) is 0. The molecule has 2 heterocycles. The highest BCUT2D eigenvalue weighted by Gasteiger charge is 2.37. The standard InChI is InChI=1S/C25H24ClF3N2O4/c1-3-6-16-21(8-7-17-22(16)35-30-23(17)25(27,28)29)34-12-5-10-31-11-9-15-13-18(24(32)33-4-2)19(26)14-20(15)31/h7-9,11,13-14H,3-6,10,12H2,1-2H3. The summed E-state index contributed by atoms with van der Waals surface area (Å²) < 4.78 is 57.6. The van der Waals surface area contributed by atoms with E-state index in [1.807, 2.05) is 23.8 Å². The van der Waals surface area contributed by atoms with E-state index in [1.54, 1.807) is 25.1 Å². The van der Waals surface area contributed by atoms with Gasteiger partial charge in [0.1, 0.15) is 5.75 Å². The second-order valence-electron chi connectivity index (χ2n) is 8.02. The molecule has 0 unspecified atom stereocenters. The first-order valence-corrected chi connectivity index (χ1v) is 11.7. The van der Waals surface area contributed by atoms with Gasteiger partial charge in [-0.25, -0.2) is 4.79 Å². The summed E-state index contributed by atoms with van der Waals surface area (Å²) in [5.74, 6) is 0.0261. The summed E-state index contributed by atoms with van der Waals surface area (Å²) in [5, 5.41) is 4.36. The average molecular weight is 509 g/mol. The zero-order valence-electron chi connectivity index (χ0n) is 19.2. The fourth-order valence-electron chi connectivity index (χ4n) is 4.06. The number of benzene rings is 2. The van der Waals surface area contributed by atoms with Gasteiger partial charge < -0.3 is 18.6 Å². The van der Waals surface area contributed by atoms with Crippen molar-refractivity contribution in [3.8, 4) is 5.75 Å². The highest BCUT2D eigenvalue weighted by atomic mass is 35.5. The van der Waals surface area contributed by atoms with Gasteiger partial charge in [0.2, 0.25) is 0 Å². The fourth-order valence-corrected chi connectivity index (χ4v) is 4.29. The Morgan fingerprint density at radius 2 is 2.00 bits per heavy atom. The third kappa shape index (κ3) is 5.10. The molecule has 0 bridgehead atoms. The Bertz CT molecular complexity index is 1360. The molecule has 0 aliphatic heterocycles. The highest BCUT2D eigenvalue weighted by molar-refractivity contribution is 6.34. The molecule has 2 aromatic carbocycles. The third-order valence-electron chi connectivity index (χ3n) is 5.63. The van der Waals surface area contributed by atoms with Crippen molar-refractivity contribution < 1.29 is 32.0 Å². The second kappa shape index (κ2) is 10.2. The molecule has 2 aromatic heterocycles. The zero-order chi connectivity index (χ0) is 25.2. The van der Waals surface area contributed by atoms with Crippen molar-refractivity contribution in [2.75, 3.05) is 13.2 Å². The lowest BCUT2D eigenvalue weighted by atomic mass is 10.0. The maximum absolute atomic E-state index is 13.2. The van der Waals surface area contributed by atoms with E-state index in [9.17, 15) is 18.0 Å². The first-order chi connectivity index (χ1) is 16.7. The Labute approximate surface area is 204 Å². The first-order valence-electron chi connectivity index (χ1n) is 11.3. The normalized spacial score (nSPS) is 11.9. The maximum atomic E-state index is 13.2. The molecule has 10 heteroatoms. The Morgan fingerprint density at radius 1 is 1.20 bits per heavy atom. The molecule has 0 amide bonds. The molecule has 0 spiro atoms. The molecule has 186 valence electrons. The maximum Gasteiger partial charge on any atom is 0.437 e. The predicted octanol–water partition coefficient (Wildman–Crippen LogP) is 7.05. The summed E-state index contributed by atoms with van der Waals surface area (Å²) in [4.78, 5) is 12.1. The monoisotopic (exact) mass is 508 g/mol. The van der Waals surface area contributed by atoms with Gasteiger partial charge in [0.25, 0.3) is 0 Å². The summed E-state index contributed by atoms with van der Waals surface area (Å²) in [6, 6.07) is 8.22. The van der Waals surface area contributed by atoms with Crippen LogP contribution in [0.2, 0.25) is 5.02 Å². The second-order valence-corrected chi connectivity index (χ2v) is 8.43. The SMILES string of the molecule is CCCc1c(OCCCn2ccc3cc(C(=O)OCC)c(Cl)cc32)ccc2c(C(F)(F)F)noc12. The molecule has 0 atom stereocenters. The van der Waals surface area contributed by atoms with Crippen molar-refractivity contribution >= 4 is 39.4 Å². The van der Waals surface area contributed by atoms with Crippen LogP contribution in [0, 0.1) is 0 Å². The minimum Gasteiger partial charge on any atom is -0.493 e. The molecule has 0 radical (unpaired) electrons. The first kappa shape index (κ1) is 24.9. The molecule has 4 aromatic rings. The number of rotatable bonds is 9. The van der Waals surface area contributed by atoms with E-state index in [2.05, 4.69) is 5.16 Å². The number of carbonyl (C=O) groups excluding carboxylic acids is 1. The van der Waals surface area contributed by atoms with Crippen molar-refractivity contribution in [1.82, 2.24) is 9.72 Å². The minimum absolute atomic E-state index is 0.0637. The van der Waals surface area contributed by atoms with Gasteiger partial charge in [-0.05, 0) is 50.1 Å². The number of alkyl halides is 3. The quantitative estimate of drug-likeness (QED) is 0.179. The molecule has 4 rings (SSSR count). The van der Waals surface area contributed by atoms with Gasteiger partial charge in [0, 0.05) is 29.2 Å². The van der Waals surface area contributed by atoms with Crippen LogP contribution in [-0.2, 0) is 23.9 Å². The number of esters is 1. The number of halogens is 4. The fraction of sp³-hybridized carbons (Fsp3) is 0.360. The van der Waals surface area contributed by atoms with E-state index in [1.165, 1.54) is 6.07 Å². The van der Waals surface area contributed by atoms with Gasteiger partial charge in [0.05, 0.1) is 29.2 Å². The van der Waals surface area contributed by atoms with E-state index in [0.29, 0.717) is 54.3 Å². The van der Waals surface area contributed by atoms with Crippen LogP contribution in [0.5, 0.6) is 5.75 Å². The van der Waals surface area contributed by atoms with Gasteiger partial charge in [-0.15, -0.1) is 0 Å². The topological polar surface area (TPSA) is 66.5 Å². The Kier molecular flexibility index (Phi) is 7.25. The lowest BCUT2D eigenvalue weighted by molar-refractivity contribution is -0.141. The van der Waals surface area contributed by atoms with Crippen LogP contribution in [0.25, 0.3) is 21.9 Å². The van der Waals surface area contributed by atoms with Crippen LogP contribution in [0.15, 0.2) is 41.1 Å². The van der Waals surface area contributed by atoms with Gasteiger partial charge in [-0.1, -0.05) is 30.1 Å². The molecular formula is C25H24ClF3N2O4. The molecule has 0 aliphatic rings. The van der Waals surface area contributed by atoms with Gasteiger partial charge in [0.15, 0.2) is 11.3 Å². The average Bonchev–Trinajstić information content (AvgIpc) is 3.41. The number of hydrogen-bond donors (Lipinski definition) is 0. The van der Waals surface area contributed by atoms with Crippen LogP contribution >= 0.6 is 11.6 Å². The third-order valence-corrected chi connectivity index (χ3v) is 5.94. The number of nitrogens with zero attached hydrogens (tertiary/aromatic N) is 2. The zero-order valence-corrected chi connectivity index (χ0v) is 20.0. The number of aryl methyl sites for hydroxylation is 2. The van der Waals surface area contributed by atoms with Crippen molar-refractivity contribution in [2.24, 2.45) is 0 Å². The number of fused-ring (bicyclic) bond motifs is 2. The number of carbonyl (C=O) groups is 1. The Balaban J connectivity index is 1.47. The van der Waals surface area contributed by atoms with Crippen molar-refractivity contribution in [3.05, 3.63) is 58.4 Å². The largest absolute Gasteiger partial charge is 0.493 e. The Morgan fingerprint density at radius 3 is 2.71 bits per heavy atom. The van der Waals surface area contributed by atoms with Crippen LogP contribution in [0.3, 0.4) is 0 Å². The Hall–Kier alpha value is -3.20. The van der Waals surface area contributed by atoms with Crippen LogP contribution in [-0.4, -0.2) is 28.9 Å². The van der Waals surface area contributed by atoms with E-state index >= 15 is 0 Å². The summed E-state index contributed by atoms with van der Waals surface area (Å²) >= 11 is 6.31. The van der Waals surface area contributed by atoms with E-state index in [0.717, 1.165) is 10.9 Å². The van der Waals surface area contributed by atoms with Crippen LogP contribution < -0.4 is 4.74 Å². The predicted molar refractivity (Wildman–Crippen MR) is 126 cm³/mol. The molecule has 0 fully saturated rings. The van der Waals surface area contributed by atoms with Crippen molar-refractivity contribution in [1.29, 1.82) is 0 Å². The number of ether oxygens (including phenoxy) is 2. The van der Waals surface area contributed by atoms with E-state index in [4.69, 9.17) is 25.6 Å². The number of hydrogen-bond acceptors (Lipinski definition) is 5. The molecule has 35 heavy (non-hydrogen) atoms. The molecular weight excluding hydrogens is 485 g/mol. The molecule has 0 saturated heterocycles. The molecule has 0 aliphatic carbocycles. The lowest BCUT2D eigenvalue weighted by Gasteiger charge is -2.12. The van der Waals surface area contributed by atoms with Gasteiger partial charge in [-0.2, -0.15) is 13.2 Å².